The SMILES string of the molecule is Cc1noc(C)c1-c1nccc(C2CCCN2S(=O)(=O)Cc2ccccc2)n1. The molecule has 1 fully saturated rings. The second-order valence-electron chi connectivity index (χ2n) is 7.01. The molecule has 8 heteroatoms. The van der Waals surface area contributed by atoms with Gasteiger partial charge in [-0.25, -0.2) is 18.4 Å². The van der Waals surface area contributed by atoms with E-state index >= 15 is 0 Å². The molecular weight excluding hydrogens is 376 g/mol. The van der Waals surface area contributed by atoms with Gasteiger partial charge in [0.25, 0.3) is 0 Å². The van der Waals surface area contributed by atoms with E-state index in [4.69, 9.17) is 4.52 Å². The quantitative estimate of drug-likeness (QED) is 0.654. The van der Waals surface area contributed by atoms with Crippen molar-refractivity contribution in [3.05, 3.63) is 65.3 Å². The number of hydrogen-bond donors (Lipinski definition) is 0. The molecule has 0 N–H and O–H groups in total. The average molecular weight is 398 g/mol. The Morgan fingerprint density at radius 3 is 2.68 bits per heavy atom. The summed E-state index contributed by atoms with van der Waals surface area (Å²) in [6.07, 6.45) is 3.22. The molecule has 0 radical (unpaired) electrons. The normalized spacial score (nSPS) is 17.9. The van der Waals surface area contributed by atoms with Crippen molar-refractivity contribution in [1.29, 1.82) is 0 Å². The summed E-state index contributed by atoms with van der Waals surface area (Å²) < 4.78 is 32.9. The smallest absolute Gasteiger partial charge is 0.218 e. The first-order chi connectivity index (χ1) is 13.5. The van der Waals surface area contributed by atoms with Gasteiger partial charge in [-0.05, 0) is 38.3 Å². The molecule has 1 atom stereocenters. The van der Waals surface area contributed by atoms with Gasteiger partial charge in [-0.3, -0.25) is 0 Å². The molecule has 1 aromatic carbocycles. The third-order valence-electron chi connectivity index (χ3n) is 5.03. The predicted octanol–water partition coefficient (Wildman–Crippen LogP) is 3.42. The van der Waals surface area contributed by atoms with Crippen LogP contribution in [-0.4, -0.2) is 34.4 Å². The lowest BCUT2D eigenvalue weighted by Gasteiger charge is -2.24. The van der Waals surface area contributed by atoms with Gasteiger partial charge in [0.1, 0.15) is 5.76 Å². The fourth-order valence-corrected chi connectivity index (χ4v) is 5.51. The Bertz CT molecular complexity index is 1060. The van der Waals surface area contributed by atoms with Crippen molar-refractivity contribution in [2.24, 2.45) is 0 Å². The number of aromatic nitrogens is 3. The van der Waals surface area contributed by atoms with Gasteiger partial charge in [0.2, 0.25) is 10.0 Å². The lowest BCUT2D eigenvalue weighted by atomic mass is 10.1. The van der Waals surface area contributed by atoms with E-state index in [2.05, 4.69) is 15.1 Å². The first-order valence-corrected chi connectivity index (χ1v) is 10.9. The summed E-state index contributed by atoms with van der Waals surface area (Å²) in [7, 11) is -3.45. The minimum atomic E-state index is -3.45. The zero-order valence-electron chi connectivity index (χ0n) is 15.9. The molecule has 4 rings (SSSR count). The standard InChI is InChI=1S/C20H22N4O3S/c1-14-19(15(2)27-23-14)20-21-11-10-17(22-20)18-9-6-12-24(18)28(25,26)13-16-7-4-3-5-8-16/h3-5,7-8,10-11,18H,6,9,12-13H2,1-2H3. The molecule has 1 saturated heterocycles. The number of sulfonamides is 1. The van der Waals surface area contributed by atoms with Crippen molar-refractivity contribution in [2.75, 3.05) is 6.54 Å². The van der Waals surface area contributed by atoms with Crippen LogP contribution < -0.4 is 0 Å². The van der Waals surface area contributed by atoms with E-state index in [0.717, 1.165) is 29.7 Å². The first kappa shape index (κ1) is 18.8. The Balaban J connectivity index is 1.65. The summed E-state index contributed by atoms with van der Waals surface area (Å²) >= 11 is 0. The fraction of sp³-hybridized carbons (Fsp3) is 0.350. The maximum Gasteiger partial charge on any atom is 0.218 e. The van der Waals surface area contributed by atoms with Crippen LogP contribution in [0, 0.1) is 13.8 Å². The Kier molecular flexibility index (Phi) is 4.99. The molecule has 0 bridgehead atoms. The Labute approximate surface area is 164 Å². The monoisotopic (exact) mass is 398 g/mol. The van der Waals surface area contributed by atoms with Crippen LogP contribution in [0.5, 0.6) is 0 Å². The van der Waals surface area contributed by atoms with Crippen LogP contribution in [0.3, 0.4) is 0 Å². The molecule has 0 amide bonds. The van der Waals surface area contributed by atoms with Crippen molar-refractivity contribution in [3.8, 4) is 11.4 Å². The zero-order chi connectivity index (χ0) is 19.7. The Morgan fingerprint density at radius 1 is 1.18 bits per heavy atom. The van der Waals surface area contributed by atoms with Crippen LogP contribution in [0.4, 0.5) is 0 Å². The van der Waals surface area contributed by atoms with Gasteiger partial charge in [-0.1, -0.05) is 35.5 Å². The summed E-state index contributed by atoms with van der Waals surface area (Å²) in [6.45, 7) is 4.16. The summed E-state index contributed by atoms with van der Waals surface area (Å²) in [6, 6.07) is 10.8. The maximum absolute atomic E-state index is 13.1. The van der Waals surface area contributed by atoms with Gasteiger partial charge in [0.15, 0.2) is 5.82 Å². The number of rotatable bonds is 5. The molecule has 7 nitrogen and oxygen atoms in total. The molecule has 28 heavy (non-hydrogen) atoms. The van der Waals surface area contributed by atoms with Gasteiger partial charge >= 0.3 is 0 Å². The molecule has 146 valence electrons. The lowest BCUT2D eigenvalue weighted by molar-refractivity contribution is 0.389. The van der Waals surface area contributed by atoms with Gasteiger partial charge in [0.05, 0.1) is 28.7 Å². The van der Waals surface area contributed by atoms with Gasteiger partial charge in [0, 0.05) is 12.7 Å². The molecule has 1 unspecified atom stereocenters. The number of hydrogen-bond acceptors (Lipinski definition) is 6. The Hall–Kier alpha value is -2.58. The topological polar surface area (TPSA) is 89.2 Å². The highest BCUT2D eigenvalue weighted by atomic mass is 32.2. The average Bonchev–Trinajstić information content (AvgIpc) is 3.30. The number of nitrogens with zero attached hydrogens (tertiary/aromatic N) is 4. The van der Waals surface area contributed by atoms with Crippen molar-refractivity contribution in [3.63, 3.8) is 0 Å². The molecular formula is C20H22N4O3S. The highest BCUT2D eigenvalue weighted by Gasteiger charge is 2.36. The minimum absolute atomic E-state index is 0.00779. The summed E-state index contributed by atoms with van der Waals surface area (Å²) in [5, 5.41) is 3.96. The third-order valence-corrected chi connectivity index (χ3v) is 6.88. The molecule has 0 aliphatic carbocycles. The molecule has 0 spiro atoms. The van der Waals surface area contributed by atoms with Gasteiger partial charge in [-0.15, -0.1) is 0 Å². The van der Waals surface area contributed by atoms with Crippen LogP contribution in [0.2, 0.25) is 0 Å². The molecule has 3 heterocycles. The van der Waals surface area contributed by atoms with E-state index < -0.39 is 10.0 Å². The summed E-state index contributed by atoms with van der Waals surface area (Å²) in [5.74, 6) is 1.15. The van der Waals surface area contributed by atoms with Crippen molar-refractivity contribution in [2.45, 2.75) is 38.5 Å². The van der Waals surface area contributed by atoms with E-state index in [9.17, 15) is 8.42 Å². The minimum Gasteiger partial charge on any atom is -0.361 e. The van der Waals surface area contributed by atoms with Crippen LogP contribution in [0.1, 0.15) is 41.6 Å². The van der Waals surface area contributed by atoms with Crippen molar-refractivity contribution in [1.82, 2.24) is 19.4 Å². The second kappa shape index (κ2) is 7.44. The van der Waals surface area contributed by atoms with Crippen LogP contribution in [0.15, 0.2) is 47.1 Å². The molecule has 2 aromatic heterocycles. The lowest BCUT2D eigenvalue weighted by Crippen LogP contribution is -2.32. The summed E-state index contributed by atoms with van der Waals surface area (Å²) in [5.41, 5.74) is 2.97. The van der Waals surface area contributed by atoms with E-state index in [1.165, 1.54) is 0 Å². The van der Waals surface area contributed by atoms with E-state index in [1.54, 1.807) is 16.6 Å². The molecule has 3 aromatic rings. The van der Waals surface area contributed by atoms with Crippen LogP contribution >= 0.6 is 0 Å². The van der Waals surface area contributed by atoms with E-state index in [-0.39, 0.29) is 11.8 Å². The third kappa shape index (κ3) is 3.57. The maximum atomic E-state index is 13.1. The van der Waals surface area contributed by atoms with Crippen LogP contribution in [-0.2, 0) is 15.8 Å². The van der Waals surface area contributed by atoms with Crippen molar-refractivity contribution >= 4 is 10.0 Å². The molecule has 0 saturated carbocycles. The highest BCUT2D eigenvalue weighted by molar-refractivity contribution is 7.88. The molecule has 1 aliphatic heterocycles. The van der Waals surface area contributed by atoms with Gasteiger partial charge < -0.3 is 4.52 Å². The van der Waals surface area contributed by atoms with Crippen LogP contribution in [0.25, 0.3) is 11.4 Å². The first-order valence-electron chi connectivity index (χ1n) is 9.25. The zero-order valence-corrected chi connectivity index (χ0v) is 16.7. The fourth-order valence-electron chi connectivity index (χ4n) is 3.72. The predicted molar refractivity (Wildman–Crippen MR) is 105 cm³/mol. The van der Waals surface area contributed by atoms with Crippen molar-refractivity contribution < 1.29 is 12.9 Å². The largest absolute Gasteiger partial charge is 0.361 e. The van der Waals surface area contributed by atoms with E-state index in [0.29, 0.717) is 23.8 Å². The number of aryl methyl sites for hydroxylation is 2. The molecule has 1 aliphatic rings. The van der Waals surface area contributed by atoms with E-state index in [1.807, 2.05) is 44.2 Å². The highest BCUT2D eigenvalue weighted by Crippen LogP contribution is 2.35. The Morgan fingerprint density at radius 2 is 1.96 bits per heavy atom. The summed E-state index contributed by atoms with van der Waals surface area (Å²) in [4.78, 5) is 9.02. The number of benzene rings is 1. The second-order valence-corrected chi connectivity index (χ2v) is 8.94. The van der Waals surface area contributed by atoms with Gasteiger partial charge in [-0.2, -0.15) is 4.31 Å².